The SMILES string of the molecule is COc1cccnc1C=C(CNC(=O)OC(C)(C)C)B1OC(C)(C)C(C)(C)O1. The van der Waals surface area contributed by atoms with Crippen molar-refractivity contribution in [2.75, 3.05) is 13.7 Å². The second-order valence-corrected chi connectivity index (χ2v) is 8.75. The number of carbonyl (C=O) groups is 1. The van der Waals surface area contributed by atoms with Crippen LogP contribution in [0.5, 0.6) is 5.75 Å². The summed E-state index contributed by atoms with van der Waals surface area (Å²) >= 11 is 0. The Morgan fingerprint density at radius 1 is 1.25 bits per heavy atom. The summed E-state index contributed by atoms with van der Waals surface area (Å²) in [7, 11) is 0.952. The minimum Gasteiger partial charge on any atom is -0.494 e. The summed E-state index contributed by atoms with van der Waals surface area (Å²) in [5.74, 6) is 0.619. The molecule has 154 valence electrons. The molecule has 2 rings (SSSR count). The second-order valence-electron chi connectivity index (χ2n) is 8.75. The highest BCUT2D eigenvalue weighted by Crippen LogP contribution is 2.39. The average molecular weight is 390 g/mol. The topological polar surface area (TPSA) is 78.9 Å². The van der Waals surface area contributed by atoms with Crippen LogP contribution in [0.25, 0.3) is 6.08 Å². The Bertz CT molecular complexity index is 724. The lowest BCUT2D eigenvalue weighted by molar-refractivity contribution is 0.00578. The number of ether oxygens (including phenoxy) is 2. The second kappa shape index (κ2) is 8.13. The zero-order valence-electron chi connectivity index (χ0n) is 18.1. The van der Waals surface area contributed by atoms with Crippen LogP contribution in [0.15, 0.2) is 23.8 Å². The van der Waals surface area contributed by atoms with Crippen molar-refractivity contribution in [2.24, 2.45) is 0 Å². The third-order valence-corrected chi connectivity index (χ3v) is 4.73. The van der Waals surface area contributed by atoms with Gasteiger partial charge in [-0.15, -0.1) is 0 Å². The number of alkyl carbamates (subject to hydrolysis) is 1. The normalized spacial score (nSPS) is 18.7. The molecule has 0 radical (unpaired) electrons. The van der Waals surface area contributed by atoms with E-state index < -0.39 is 30.0 Å². The van der Waals surface area contributed by atoms with Crippen LogP contribution in [0, 0.1) is 0 Å². The van der Waals surface area contributed by atoms with Gasteiger partial charge in [-0.3, -0.25) is 4.98 Å². The van der Waals surface area contributed by atoms with E-state index >= 15 is 0 Å². The van der Waals surface area contributed by atoms with Crippen LogP contribution in [0.2, 0.25) is 0 Å². The molecule has 1 fully saturated rings. The van der Waals surface area contributed by atoms with E-state index in [4.69, 9.17) is 18.8 Å². The molecule has 1 aromatic heterocycles. The molecular formula is C20H31BN2O5. The zero-order chi connectivity index (χ0) is 21.2. The van der Waals surface area contributed by atoms with Crippen LogP contribution < -0.4 is 10.1 Å². The fourth-order valence-electron chi connectivity index (χ4n) is 2.54. The number of nitrogens with zero attached hydrogens (tertiary/aromatic N) is 1. The molecule has 1 N–H and O–H groups in total. The van der Waals surface area contributed by atoms with Gasteiger partial charge >= 0.3 is 13.2 Å². The molecule has 0 saturated carbocycles. The maximum absolute atomic E-state index is 12.1. The molecule has 1 aliphatic heterocycles. The van der Waals surface area contributed by atoms with Crippen molar-refractivity contribution >= 4 is 19.3 Å². The lowest BCUT2D eigenvalue weighted by Crippen LogP contribution is -2.41. The van der Waals surface area contributed by atoms with Crippen LogP contribution in [-0.2, 0) is 14.0 Å². The van der Waals surface area contributed by atoms with Gasteiger partial charge in [-0.1, -0.05) is 0 Å². The number of carbonyl (C=O) groups excluding carboxylic acids is 1. The summed E-state index contributed by atoms with van der Waals surface area (Å²) in [5, 5.41) is 2.77. The summed E-state index contributed by atoms with van der Waals surface area (Å²) in [6.07, 6.45) is 2.98. The molecule has 0 spiro atoms. The minimum absolute atomic E-state index is 0.186. The molecule has 0 unspecified atom stereocenters. The molecular weight excluding hydrogens is 359 g/mol. The van der Waals surface area contributed by atoms with Crippen molar-refractivity contribution in [3.8, 4) is 5.75 Å². The standard InChI is InChI=1S/C20H31BN2O5/c1-18(2,3)26-17(24)23-13-14(12-15-16(25-8)10-9-11-22-15)21-27-19(4,5)20(6,7)28-21/h9-12H,13H2,1-8H3,(H,23,24). The van der Waals surface area contributed by atoms with Gasteiger partial charge in [0.15, 0.2) is 0 Å². The smallest absolute Gasteiger partial charge is 0.492 e. The molecule has 0 bridgehead atoms. The first-order chi connectivity index (χ1) is 12.8. The van der Waals surface area contributed by atoms with Crippen LogP contribution in [0.4, 0.5) is 4.79 Å². The van der Waals surface area contributed by atoms with Gasteiger partial charge < -0.3 is 24.1 Å². The molecule has 7 nitrogen and oxygen atoms in total. The van der Waals surface area contributed by atoms with E-state index in [0.29, 0.717) is 16.9 Å². The predicted molar refractivity (Wildman–Crippen MR) is 109 cm³/mol. The highest BCUT2D eigenvalue weighted by atomic mass is 16.7. The summed E-state index contributed by atoms with van der Waals surface area (Å²) in [5.41, 5.74) is -0.252. The van der Waals surface area contributed by atoms with Gasteiger partial charge in [0.1, 0.15) is 17.0 Å². The van der Waals surface area contributed by atoms with Crippen molar-refractivity contribution in [2.45, 2.75) is 65.3 Å². The van der Waals surface area contributed by atoms with Crippen LogP contribution in [0.3, 0.4) is 0 Å². The summed E-state index contributed by atoms with van der Waals surface area (Å²) < 4.78 is 23.0. The van der Waals surface area contributed by atoms with Gasteiger partial charge in [0.05, 0.1) is 18.3 Å². The molecule has 0 atom stereocenters. The molecule has 28 heavy (non-hydrogen) atoms. The van der Waals surface area contributed by atoms with E-state index in [-0.39, 0.29) is 6.54 Å². The van der Waals surface area contributed by atoms with Gasteiger partial charge in [-0.05, 0) is 72.1 Å². The number of hydrogen-bond donors (Lipinski definition) is 1. The number of aromatic nitrogens is 1. The number of pyridine rings is 1. The first-order valence-corrected chi connectivity index (χ1v) is 9.36. The molecule has 8 heteroatoms. The summed E-state index contributed by atoms with van der Waals surface area (Å²) in [6.45, 7) is 13.6. The lowest BCUT2D eigenvalue weighted by atomic mass is 9.77. The summed E-state index contributed by atoms with van der Waals surface area (Å²) in [6, 6.07) is 3.62. The first-order valence-electron chi connectivity index (χ1n) is 9.36. The third kappa shape index (κ3) is 5.48. The van der Waals surface area contributed by atoms with Crippen LogP contribution >= 0.6 is 0 Å². The van der Waals surface area contributed by atoms with Crippen molar-refractivity contribution in [1.29, 1.82) is 0 Å². The van der Waals surface area contributed by atoms with E-state index in [1.54, 1.807) is 19.4 Å². The van der Waals surface area contributed by atoms with E-state index in [1.807, 2.05) is 60.6 Å². The molecule has 2 heterocycles. The van der Waals surface area contributed by atoms with Crippen molar-refractivity contribution in [3.05, 3.63) is 29.5 Å². The van der Waals surface area contributed by atoms with Crippen molar-refractivity contribution in [3.63, 3.8) is 0 Å². The van der Waals surface area contributed by atoms with Gasteiger partial charge in [0.25, 0.3) is 0 Å². The number of nitrogens with one attached hydrogen (secondary N) is 1. The molecule has 1 amide bonds. The van der Waals surface area contributed by atoms with Crippen LogP contribution in [-0.4, -0.2) is 48.7 Å². The fourth-order valence-corrected chi connectivity index (χ4v) is 2.54. The fraction of sp³-hybridized carbons (Fsp3) is 0.600. The summed E-state index contributed by atoms with van der Waals surface area (Å²) in [4.78, 5) is 16.5. The number of rotatable bonds is 5. The molecule has 0 aliphatic carbocycles. The monoisotopic (exact) mass is 390 g/mol. The Morgan fingerprint density at radius 2 is 1.86 bits per heavy atom. The Kier molecular flexibility index (Phi) is 6.46. The van der Waals surface area contributed by atoms with Gasteiger partial charge in [0, 0.05) is 12.7 Å². The third-order valence-electron chi connectivity index (χ3n) is 4.73. The van der Waals surface area contributed by atoms with Gasteiger partial charge in [-0.2, -0.15) is 0 Å². The van der Waals surface area contributed by atoms with E-state index in [9.17, 15) is 4.79 Å². The van der Waals surface area contributed by atoms with Gasteiger partial charge in [0.2, 0.25) is 0 Å². The zero-order valence-corrected chi connectivity index (χ0v) is 18.1. The van der Waals surface area contributed by atoms with E-state index in [1.165, 1.54) is 0 Å². The molecule has 1 aliphatic rings. The largest absolute Gasteiger partial charge is 0.494 e. The molecule has 1 aromatic rings. The predicted octanol–water partition coefficient (Wildman–Crippen LogP) is 3.63. The van der Waals surface area contributed by atoms with E-state index in [0.717, 1.165) is 0 Å². The molecule has 1 saturated heterocycles. The highest BCUT2D eigenvalue weighted by molar-refractivity contribution is 6.56. The van der Waals surface area contributed by atoms with Gasteiger partial charge in [-0.25, -0.2) is 4.79 Å². The average Bonchev–Trinajstić information content (AvgIpc) is 2.78. The Hall–Kier alpha value is -2.06. The highest BCUT2D eigenvalue weighted by Gasteiger charge is 2.52. The minimum atomic E-state index is -0.633. The Morgan fingerprint density at radius 3 is 2.39 bits per heavy atom. The number of methoxy groups -OCH3 is 1. The Labute approximate surface area is 167 Å². The van der Waals surface area contributed by atoms with E-state index in [2.05, 4.69) is 10.3 Å². The van der Waals surface area contributed by atoms with Crippen molar-refractivity contribution < 1.29 is 23.6 Å². The first kappa shape index (κ1) is 22.2. The number of amides is 1. The lowest BCUT2D eigenvalue weighted by Gasteiger charge is -2.32. The number of hydrogen-bond acceptors (Lipinski definition) is 6. The Balaban J connectivity index is 2.29. The van der Waals surface area contributed by atoms with Crippen LogP contribution in [0.1, 0.15) is 54.2 Å². The quantitative estimate of drug-likeness (QED) is 0.774. The maximum Gasteiger partial charge on any atom is 0.492 e. The maximum atomic E-state index is 12.1. The van der Waals surface area contributed by atoms with Crippen molar-refractivity contribution in [1.82, 2.24) is 10.3 Å². The molecule has 0 aromatic carbocycles.